The molecule has 4 aromatic rings. The molecular formula is C23H14ClF4N3O3S. The Morgan fingerprint density at radius 2 is 1.86 bits per heavy atom. The van der Waals surface area contributed by atoms with Crippen molar-refractivity contribution in [3.8, 4) is 22.0 Å². The number of para-hydroxylation sites is 1. The summed E-state index contributed by atoms with van der Waals surface area (Å²) in [6.07, 6.45) is -4.20. The van der Waals surface area contributed by atoms with Crippen LogP contribution in [-0.4, -0.2) is 28.6 Å². The Bertz CT molecular complexity index is 1380. The minimum Gasteiger partial charge on any atom is -0.467 e. The number of hydrogen-bond acceptors (Lipinski definition) is 5. The molecule has 35 heavy (non-hydrogen) atoms. The van der Waals surface area contributed by atoms with E-state index in [4.69, 9.17) is 16.3 Å². The fraction of sp³-hybridized carbons (Fsp3) is 0.0870. The Balaban J connectivity index is 1.53. The van der Waals surface area contributed by atoms with E-state index in [0.29, 0.717) is 22.8 Å². The molecule has 0 saturated heterocycles. The zero-order valence-electron chi connectivity index (χ0n) is 17.5. The Labute approximate surface area is 204 Å². The number of benzene rings is 2. The molecule has 0 radical (unpaired) electrons. The number of carbonyl (C=O) groups is 2. The van der Waals surface area contributed by atoms with E-state index in [1.54, 1.807) is 12.1 Å². The molecular weight excluding hydrogens is 510 g/mol. The molecule has 2 aromatic heterocycles. The second-order valence-corrected chi connectivity index (χ2v) is 8.57. The fourth-order valence-corrected chi connectivity index (χ4v) is 4.23. The summed E-state index contributed by atoms with van der Waals surface area (Å²) in [5.41, 5.74) is -0.268. The quantitative estimate of drug-likeness (QED) is 0.230. The van der Waals surface area contributed by atoms with Gasteiger partial charge in [-0.1, -0.05) is 35.9 Å². The van der Waals surface area contributed by atoms with Crippen molar-refractivity contribution in [1.29, 1.82) is 0 Å². The molecule has 0 aliphatic rings. The number of rotatable bonds is 7. The molecule has 0 saturated carbocycles. The first kappa shape index (κ1) is 24.4. The zero-order valence-corrected chi connectivity index (χ0v) is 19.0. The number of carbonyl (C=O) groups excluding carboxylic acids is 2. The normalized spacial score (nSPS) is 11.3. The summed E-state index contributed by atoms with van der Waals surface area (Å²) >= 11 is 7.17. The average molecular weight is 524 g/mol. The van der Waals surface area contributed by atoms with Gasteiger partial charge in [0.1, 0.15) is 5.82 Å². The average Bonchev–Trinajstić information content (AvgIpc) is 3.43. The third kappa shape index (κ3) is 5.52. The molecule has 0 fully saturated rings. The summed E-state index contributed by atoms with van der Waals surface area (Å²) in [5, 5.41) is 6.15. The van der Waals surface area contributed by atoms with Crippen LogP contribution in [0, 0.1) is 5.82 Å². The number of thiophene rings is 1. The smallest absolute Gasteiger partial charge is 0.435 e. The van der Waals surface area contributed by atoms with Crippen LogP contribution in [0.3, 0.4) is 0 Å². The van der Waals surface area contributed by atoms with Gasteiger partial charge in [0.05, 0.1) is 21.3 Å². The lowest BCUT2D eigenvalue weighted by Gasteiger charge is -2.10. The predicted octanol–water partition coefficient (Wildman–Crippen LogP) is 6.24. The lowest BCUT2D eigenvalue weighted by Crippen LogP contribution is -2.21. The van der Waals surface area contributed by atoms with Crippen molar-refractivity contribution in [3.05, 3.63) is 82.1 Å². The van der Waals surface area contributed by atoms with Crippen molar-refractivity contribution in [2.24, 2.45) is 0 Å². The van der Waals surface area contributed by atoms with E-state index in [1.165, 1.54) is 42.5 Å². The standard InChI is InChI=1S/C23H14ClF4N3O3S/c24-15-3-1-2-4-17(15)31-22(10-20(30-31)23(26,27)28)34-12-21(33)29-16-9-18(35-19(16)11-32)13-5-7-14(25)8-6-13/h1-11H,12H2,(H,29,33). The van der Waals surface area contributed by atoms with Crippen LogP contribution < -0.4 is 10.1 Å². The number of nitrogens with one attached hydrogen (secondary N) is 1. The molecule has 0 unspecified atom stereocenters. The highest BCUT2D eigenvalue weighted by Gasteiger charge is 2.36. The van der Waals surface area contributed by atoms with Crippen molar-refractivity contribution >= 4 is 40.8 Å². The lowest BCUT2D eigenvalue weighted by atomic mass is 10.2. The highest BCUT2D eigenvalue weighted by atomic mass is 35.5. The van der Waals surface area contributed by atoms with E-state index < -0.39 is 30.2 Å². The summed E-state index contributed by atoms with van der Waals surface area (Å²) in [5.74, 6) is -1.50. The van der Waals surface area contributed by atoms with E-state index >= 15 is 0 Å². The molecule has 12 heteroatoms. The Morgan fingerprint density at radius 1 is 1.14 bits per heavy atom. The maximum absolute atomic E-state index is 13.2. The van der Waals surface area contributed by atoms with Crippen molar-refractivity contribution < 1.29 is 31.9 Å². The third-order valence-corrected chi connectivity index (χ3v) is 6.10. The Morgan fingerprint density at radius 3 is 2.51 bits per heavy atom. The van der Waals surface area contributed by atoms with Crippen molar-refractivity contribution in [2.75, 3.05) is 11.9 Å². The van der Waals surface area contributed by atoms with Gasteiger partial charge >= 0.3 is 6.18 Å². The second kappa shape index (κ2) is 9.88. The topological polar surface area (TPSA) is 73.2 Å². The minimum atomic E-state index is -4.75. The third-order valence-electron chi connectivity index (χ3n) is 4.67. The minimum absolute atomic E-state index is 0.126. The van der Waals surface area contributed by atoms with Gasteiger partial charge in [-0.05, 0) is 35.9 Å². The van der Waals surface area contributed by atoms with Crippen molar-refractivity contribution in [3.63, 3.8) is 0 Å². The molecule has 6 nitrogen and oxygen atoms in total. The number of aromatic nitrogens is 2. The maximum Gasteiger partial charge on any atom is 0.435 e. The van der Waals surface area contributed by atoms with Gasteiger partial charge in [-0.2, -0.15) is 23.0 Å². The molecule has 4 rings (SSSR count). The number of nitrogens with zero attached hydrogens (tertiary/aromatic N) is 2. The first-order chi connectivity index (χ1) is 16.7. The molecule has 2 aromatic carbocycles. The number of aldehydes is 1. The monoisotopic (exact) mass is 523 g/mol. The predicted molar refractivity (Wildman–Crippen MR) is 123 cm³/mol. The number of halogens is 5. The fourth-order valence-electron chi connectivity index (χ4n) is 3.07. The molecule has 1 N–H and O–H groups in total. The molecule has 0 bridgehead atoms. The van der Waals surface area contributed by atoms with E-state index in [0.717, 1.165) is 16.0 Å². The first-order valence-corrected chi connectivity index (χ1v) is 11.0. The number of hydrogen-bond donors (Lipinski definition) is 1. The SMILES string of the molecule is O=Cc1sc(-c2ccc(F)cc2)cc1NC(=O)COc1cc(C(F)(F)F)nn1-c1ccccc1Cl. The van der Waals surface area contributed by atoms with E-state index in [1.807, 2.05) is 0 Å². The van der Waals surface area contributed by atoms with Crippen LogP contribution in [0.2, 0.25) is 5.02 Å². The lowest BCUT2D eigenvalue weighted by molar-refractivity contribution is -0.141. The van der Waals surface area contributed by atoms with Gasteiger partial charge in [0.25, 0.3) is 5.91 Å². The summed E-state index contributed by atoms with van der Waals surface area (Å²) in [6.45, 7) is -0.673. The van der Waals surface area contributed by atoms with E-state index in [-0.39, 0.29) is 27.2 Å². The van der Waals surface area contributed by atoms with Crippen molar-refractivity contribution in [2.45, 2.75) is 6.18 Å². The molecule has 180 valence electrons. The van der Waals surface area contributed by atoms with Gasteiger partial charge in [-0.3, -0.25) is 9.59 Å². The number of anilines is 1. The molecule has 1 amide bonds. The van der Waals surface area contributed by atoms with Crippen LogP contribution >= 0.6 is 22.9 Å². The van der Waals surface area contributed by atoms with Crippen LogP contribution in [0.15, 0.2) is 60.7 Å². The van der Waals surface area contributed by atoms with Crippen LogP contribution in [0.1, 0.15) is 15.4 Å². The summed E-state index contributed by atoms with van der Waals surface area (Å²) in [7, 11) is 0. The largest absolute Gasteiger partial charge is 0.467 e. The van der Waals surface area contributed by atoms with Gasteiger partial charge in [0.15, 0.2) is 18.6 Å². The molecule has 0 aliphatic heterocycles. The zero-order chi connectivity index (χ0) is 25.2. The van der Waals surface area contributed by atoms with E-state index in [9.17, 15) is 27.2 Å². The highest BCUT2D eigenvalue weighted by Crippen LogP contribution is 2.35. The molecule has 0 spiro atoms. The summed E-state index contributed by atoms with van der Waals surface area (Å²) < 4.78 is 59.1. The number of ether oxygens (including phenoxy) is 1. The number of amides is 1. The van der Waals surface area contributed by atoms with Crippen LogP contribution in [0.4, 0.5) is 23.2 Å². The Kier molecular flexibility index (Phi) is 6.90. The van der Waals surface area contributed by atoms with Gasteiger partial charge in [0.2, 0.25) is 5.88 Å². The Hall–Kier alpha value is -3.70. The summed E-state index contributed by atoms with van der Waals surface area (Å²) in [6, 6.07) is 13.8. The van der Waals surface area contributed by atoms with Gasteiger partial charge in [0, 0.05) is 10.9 Å². The van der Waals surface area contributed by atoms with Gasteiger partial charge < -0.3 is 10.1 Å². The van der Waals surface area contributed by atoms with Crippen LogP contribution in [0.5, 0.6) is 5.88 Å². The second-order valence-electron chi connectivity index (χ2n) is 7.08. The van der Waals surface area contributed by atoms with Crippen molar-refractivity contribution in [1.82, 2.24) is 9.78 Å². The maximum atomic E-state index is 13.2. The van der Waals surface area contributed by atoms with Gasteiger partial charge in [-0.15, -0.1) is 11.3 Å². The summed E-state index contributed by atoms with van der Waals surface area (Å²) in [4.78, 5) is 24.8. The first-order valence-electron chi connectivity index (χ1n) is 9.85. The van der Waals surface area contributed by atoms with Crippen LogP contribution in [-0.2, 0) is 11.0 Å². The van der Waals surface area contributed by atoms with E-state index in [2.05, 4.69) is 10.4 Å². The molecule has 0 atom stereocenters. The molecule has 2 heterocycles. The number of alkyl halides is 3. The van der Waals surface area contributed by atoms with Gasteiger partial charge in [-0.25, -0.2) is 4.39 Å². The molecule has 0 aliphatic carbocycles. The highest BCUT2D eigenvalue weighted by molar-refractivity contribution is 7.17. The van der Waals surface area contributed by atoms with Crippen LogP contribution in [0.25, 0.3) is 16.1 Å².